The predicted molar refractivity (Wildman–Crippen MR) is 141 cm³/mol. The summed E-state index contributed by atoms with van der Waals surface area (Å²) in [5.74, 6) is 2.32. The molecule has 1 aliphatic rings. The van der Waals surface area contributed by atoms with Crippen molar-refractivity contribution < 1.29 is 14.7 Å². The fraction of sp³-hybridized carbons (Fsp3) is 0.862. The van der Waals surface area contributed by atoms with E-state index in [4.69, 9.17) is 0 Å². The number of carboxylic acid groups (broad SMARTS) is 1. The molecule has 4 heteroatoms. The molecule has 0 bridgehead atoms. The molecule has 0 aromatic heterocycles. The van der Waals surface area contributed by atoms with Crippen LogP contribution >= 0.6 is 11.8 Å². The lowest BCUT2D eigenvalue weighted by Crippen LogP contribution is -2.43. The molecule has 1 rings (SSSR count). The second kappa shape index (κ2) is 17.6. The van der Waals surface area contributed by atoms with E-state index in [0.717, 1.165) is 44.3 Å². The van der Waals surface area contributed by atoms with Gasteiger partial charge in [0.05, 0.1) is 0 Å². The molecule has 0 spiro atoms. The topological polar surface area (TPSA) is 57.2 Å². The van der Waals surface area contributed by atoms with E-state index in [2.05, 4.69) is 32.3 Å². The molecule has 3 nitrogen and oxygen atoms in total. The Balaban J connectivity index is 2.14. The van der Waals surface area contributed by atoms with Crippen molar-refractivity contribution in [2.45, 2.75) is 130 Å². The van der Waals surface area contributed by atoms with Crippen LogP contribution < -0.4 is 5.11 Å². The summed E-state index contributed by atoms with van der Waals surface area (Å²) in [5, 5.41) is 13.8. The average molecular weight is 480 g/mol. The summed E-state index contributed by atoms with van der Waals surface area (Å²) in [7, 11) is 0. The van der Waals surface area contributed by atoms with E-state index in [0.29, 0.717) is 23.5 Å². The largest absolute Gasteiger partial charge is 0.550 e. The van der Waals surface area contributed by atoms with Gasteiger partial charge in [0.2, 0.25) is 0 Å². The van der Waals surface area contributed by atoms with E-state index in [9.17, 15) is 14.7 Å². The monoisotopic (exact) mass is 479 g/mol. The van der Waals surface area contributed by atoms with Crippen LogP contribution in [0.25, 0.3) is 0 Å². The minimum absolute atomic E-state index is 0.0411. The first kappa shape index (κ1) is 30.3. The minimum atomic E-state index is -0.853. The van der Waals surface area contributed by atoms with E-state index < -0.39 is 5.97 Å². The normalized spacial score (nSPS) is 23.4. The number of unbranched alkanes of at least 4 members (excludes halogenated alkanes) is 8. The van der Waals surface area contributed by atoms with Crippen LogP contribution in [0.3, 0.4) is 0 Å². The van der Waals surface area contributed by atoms with Gasteiger partial charge in [-0.15, -0.1) is 11.8 Å². The molecule has 0 aromatic rings. The first-order valence-corrected chi connectivity index (χ1v) is 14.8. The van der Waals surface area contributed by atoms with Crippen molar-refractivity contribution in [3.05, 3.63) is 11.5 Å². The fourth-order valence-electron chi connectivity index (χ4n) is 6.01. The van der Waals surface area contributed by atoms with Gasteiger partial charge in [0.15, 0.2) is 0 Å². The second-order valence-electron chi connectivity index (χ2n) is 11.1. The van der Waals surface area contributed by atoms with Crippen LogP contribution in [0.15, 0.2) is 11.5 Å². The molecule has 0 unspecified atom stereocenters. The molecule has 0 aliphatic heterocycles. The maximum absolute atomic E-state index is 11.6. The summed E-state index contributed by atoms with van der Waals surface area (Å²) < 4.78 is 0. The minimum Gasteiger partial charge on any atom is -0.550 e. The van der Waals surface area contributed by atoms with E-state index in [-0.39, 0.29) is 11.8 Å². The van der Waals surface area contributed by atoms with Gasteiger partial charge in [-0.2, -0.15) is 0 Å². The summed E-state index contributed by atoms with van der Waals surface area (Å²) in [6, 6.07) is 0. The third-order valence-corrected chi connectivity index (χ3v) is 8.50. The van der Waals surface area contributed by atoms with Gasteiger partial charge in [-0.05, 0) is 92.6 Å². The molecule has 0 saturated heterocycles. The Kier molecular flexibility index (Phi) is 16.2. The molecule has 0 radical (unpaired) electrons. The van der Waals surface area contributed by atoms with Crippen LogP contribution in [0.1, 0.15) is 130 Å². The number of carboxylic acids is 1. The van der Waals surface area contributed by atoms with E-state index in [1.807, 2.05) is 11.8 Å². The average Bonchev–Trinajstić information content (AvgIpc) is 2.72. The molecule has 0 aromatic carbocycles. The third kappa shape index (κ3) is 13.6. The van der Waals surface area contributed by atoms with Crippen molar-refractivity contribution in [1.82, 2.24) is 0 Å². The number of carbonyl (C=O) groups excluding carboxylic acids is 2. The van der Waals surface area contributed by atoms with Crippen LogP contribution in [-0.4, -0.2) is 17.5 Å². The number of hydrogen-bond donors (Lipinski definition) is 0. The fourth-order valence-corrected chi connectivity index (χ4v) is 6.79. The maximum Gasteiger partial charge on any atom is 0.129 e. The van der Waals surface area contributed by atoms with Crippen molar-refractivity contribution in [1.29, 1.82) is 0 Å². The quantitative estimate of drug-likeness (QED) is 0.178. The van der Waals surface area contributed by atoms with Gasteiger partial charge in [0.1, 0.15) is 5.78 Å². The lowest BCUT2D eigenvalue weighted by molar-refractivity contribution is -0.309. The van der Waals surface area contributed by atoms with Crippen LogP contribution in [0.2, 0.25) is 0 Å². The predicted octanol–water partition coefficient (Wildman–Crippen LogP) is 7.72. The van der Waals surface area contributed by atoms with Crippen LogP contribution in [0, 0.1) is 23.2 Å². The number of hydrogen-bond acceptors (Lipinski definition) is 4. The van der Waals surface area contributed by atoms with Crippen molar-refractivity contribution in [2.75, 3.05) is 5.75 Å². The van der Waals surface area contributed by atoms with Gasteiger partial charge in [0.25, 0.3) is 0 Å². The summed E-state index contributed by atoms with van der Waals surface area (Å²) in [6.45, 7) is 8.51. The molecule has 3 atom stereocenters. The lowest BCUT2D eigenvalue weighted by Gasteiger charge is -2.49. The Morgan fingerprint density at radius 1 is 1.00 bits per heavy atom. The highest BCUT2D eigenvalue weighted by molar-refractivity contribution is 8.02. The summed E-state index contributed by atoms with van der Waals surface area (Å²) in [4.78, 5) is 22.5. The van der Waals surface area contributed by atoms with Crippen LogP contribution in [-0.2, 0) is 9.59 Å². The highest BCUT2D eigenvalue weighted by atomic mass is 32.2. The Hall–Kier alpha value is -0.770. The first-order chi connectivity index (χ1) is 15.8. The Morgan fingerprint density at radius 2 is 1.67 bits per heavy atom. The zero-order valence-corrected chi connectivity index (χ0v) is 22.9. The summed E-state index contributed by atoms with van der Waals surface area (Å²) in [5.41, 5.74) is -0.0411. The van der Waals surface area contributed by atoms with Gasteiger partial charge in [0, 0.05) is 12.4 Å². The van der Waals surface area contributed by atoms with E-state index in [1.54, 1.807) is 6.92 Å². The van der Waals surface area contributed by atoms with E-state index in [1.165, 1.54) is 57.8 Å². The highest BCUT2D eigenvalue weighted by Crippen LogP contribution is 2.52. The second-order valence-corrected chi connectivity index (χ2v) is 12.1. The summed E-state index contributed by atoms with van der Waals surface area (Å²) >= 11 is 1.89. The van der Waals surface area contributed by atoms with Gasteiger partial charge in [-0.1, -0.05) is 71.8 Å². The molecule has 33 heavy (non-hydrogen) atoms. The highest BCUT2D eigenvalue weighted by Gasteiger charge is 2.43. The van der Waals surface area contributed by atoms with Gasteiger partial charge >= 0.3 is 0 Å². The Labute approximate surface area is 209 Å². The molecule has 0 amide bonds. The molecule has 1 fully saturated rings. The van der Waals surface area contributed by atoms with Crippen molar-refractivity contribution in [3.63, 3.8) is 0 Å². The summed E-state index contributed by atoms with van der Waals surface area (Å²) in [6.07, 6.45) is 19.9. The van der Waals surface area contributed by atoms with Crippen molar-refractivity contribution >= 4 is 23.5 Å². The molecular weight excluding hydrogens is 428 g/mol. The molecule has 192 valence electrons. The maximum atomic E-state index is 11.6. The number of allylic oxidation sites excluding steroid dienone is 1. The lowest BCUT2D eigenvalue weighted by atomic mass is 9.56. The number of thioether (sulfide) groups is 1. The Morgan fingerprint density at radius 3 is 2.33 bits per heavy atom. The van der Waals surface area contributed by atoms with Crippen LogP contribution in [0.5, 0.6) is 0 Å². The van der Waals surface area contributed by atoms with Crippen molar-refractivity contribution in [3.8, 4) is 0 Å². The number of carbonyl (C=O) groups is 2. The Bertz CT molecular complexity index is 571. The molecular formula is C29H51O3S-. The number of aliphatic carboxylic acids is 1. The molecule has 0 N–H and O–H groups in total. The first-order valence-electron chi connectivity index (χ1n) is 13.7. The zero-order valence-electron chi connectivity index (χ0n) is 22.0. The number of Topliss-reactive ketones (excluding diaryl/α,β-unsaturated/α-hetero) is 1. The van der Waals surface area contributed by atoms with Gasteiger partial charge in [-0.25, -0.2) is 0 Å². The molecule has 0 heterocycles. The number of ketones is 1. The smallest absolute Gasteiger partial charge is 0.129 e. The SMILES string of the molecule is CC(=O)CCCCCS/C=C\CCCCCCCC[C@]1(CC(=O)[O-])C[C@H](C)CC[C@@H]1C(C)C. The zero-order chi connectivity index (χ0) is 24.5. The molecule has 1 aliphatic carbocycles. The van der Waals surface area contributed by atoms with Crippen LogP contribution in [0.4, 0.5) is 0 Å². The van der Waals surface area contributed by atoms with Gasteiger partial charge < -0.3 is 14.7 Å². The molecule has 1 saturated carbocycles. The van der Waals surface area contributed by atoms with Gasteiger partial charge in [-0.3, -0.25) is 0 Å². The van der Waals surface area contributed by atoms with Crippen molar-refractivity contribution in [2.24, 2.45) is 23.2 Å². The number of rotatable bonds is 19. The standard InChI is InChI=1S/C29H52O3S/c1-24(2)27-18-17-25(3)22-29(27,23-28(31)32)19-13-9-7-5-6-8-10-14-20-33-21-15-11-12-16-26(4)30/h14,20,24-25,27H,5-13,15-19,21-23H2,1-4H3,(H,31,32)/p-1/b20-14-/t25-,27-,29-/m1/s1. The third-order valence-electron chi connectivity index (χ3n) is 7.59. The van der Waals surface area contributed by atoms with E-state index >= 15 is 0 Å².